The summed E-state index contributed by atoms with van der Waals surface area (Å²) in [7, 11) is 0. The van der Waals surface area contributed by atoms with E-state index < -0.39 is 0 Å². The van der Waals surface area contributed by atoms with Gasteiger partial charge < -0.3 is 10.1 Å². The van der Waals surface area contributed by atoms with Crippen LogP contribution in [0.3, 0.4) is 0 Å². The minimum Gasteiger partial charge on any atom is -0.481 e. The van der Waals surface area contributed by atoms with Gasteiger partial charge in [-0.1, -0.05) is 54.5 Å². The maximum atomic E-state index is 5.53. The Balaban J connectivity index is 0.00000220. The molecule has 0 spiro atoms. The average Bonchev–Trinajstić information content (AvgIpc) is 2.51. The largest absolute Gasteiger partial charge is 0.481 e. The Hall–Kier alpha value is -1.95. The molecule has 21 heavy (non-hydrogen) atoms. The molecule has 0 saturated heterocycles. The molecule has 1 N–H and O–H groups in total. The van der Waals surface area contributed by atoms with Crippen LogP contribution in [0.1, 0.15) is 11.1 Å². The molecule has 0 saturated carbocycles. The number of rotatable bonds is 7. The van der Waals surface area contributed by atoms with Gasteiger partial charge in [0.2, 0.25) is 0 Å². The van der Waals surface area contributed by atoms with E-state index in [1.807, 2.05) is 24.3 Å². The van der Waals surface area contributed by atoms with E-state index in [0.717, 1.165) is 30.8 Å². The summed E-state index contributed by atoms with van der Waals surface area (Å²) in [5.41, 5.74) is 2.48. The molecule has 0 bridgehead atoms. The molecule has 0 amide bonds. The highest BCUT2D eigenvalue weighted by molar-refractivity contribution is 5.85. The Morgan fingerprint density at radius 3 is 2.48 bits per heavy atom. The molecule has 0 unspecified atom stereocenters. The fraction of sp³-hybridized carbons (Fsp3) is 0.222. The van der Waals surface area contributed by atoms with Gasteiger partial charge in [-0.15, -0.1) is 18.8 Å². The van der Waals surface area contributed by atoms with Crippen molar-refractivity contribution in [3.8, 4) is 18.1 Å². The lowest BCUT2D eigenvalue weighted by Gasteiger charge is -2.10. The summed E-state index contributed by atoms with van der Waals surface area (Å²) in [5, 5.41) is 3.44. The van der Waals surface area contributed by atoms with Crippen molar-refractivity contribution in [3.63, 3.8) is 0 Å². The second kappa shape index (κ2) is 9.88. The number of nitrogens with one attached hydrogen (secondary N) is 1. The SMILES string of the molecule is C#CCOc1ccccc1CNCCc1ccccc1.Cl. The second-order valence-corrected chi connectivity index (χ2v) is 4.51. The Kier molecular flexibility index (Phi) is 8.04. The number of para-hydroxylation sites is 1. The smallest absolute Gasteiger partial charge is 0.148 e. The molecule has 0 fully saturated rings. The third-order valence-electron chi connectivity index (χ3n) is 3.03. The van der Waals surface area contributed by atoms with Gasteiger partial charge in [0.05, 0.1) is 0 Å². The number of hydrogen-bond donors (Lipinski definition) is 1. The molecule has 0 aliphatic carbocycles. The first-order valence-corrected chi connectivity index (χ1v) is 6.79. The van der Waals surface area contributed by atoms with Crippen molar-refractivity contribution in [1.82, 2.24) is 5.32 Å². The standard InChI is InChI=1S/C18H19NO.ClH/c1-2-14-20-18-11-7-6-10-17(18)15-19-13-12-16-8-4-3-5-9-16;/h1,3-11,19H,12-15H2;1H. The quantitative estimate of drug-likeness (QED) is 0.625. The molecule has 110 valence electrons. The molecule has 0 aromatic heterocycles. The number of benzene rings is 2. The molecule has 2 aromatic rings. The summed E-state index contributed by atoms with van der Waals surface area (Å²) in [5.74, 6) is 3.35. The minimum atomic E-state index is 0. The fourth-order valence-electron chi connectivity index (χ4n) is 2.01. The molecular formula is C18H20ClNO. The van der Waals surface area contributed by atoms with Gasteiger partial charge in [0.1, 0.15) is 12.4 Å². The minimum absolute atomic E-state index is 0. The molecule has 0 aliphatic heterocycles. The monoisotopic (exact) mass is 301 g/mol. The van der Waals surface area contributed by atoms with Crippen molar-refractivity contribution in [2.45, 2.75) is 13.0 Å². The highest BCUT2D eigenvalue weighted by Crippen LogP contribution is 2.17. The van der Waals surface area contributed by atoms with Gasteiger partial charge in [-0.2, -0.15) is 0 Å². The topological polar surface area (TPSA) is 21.3 Å². The lowest BCUT2D eigenvalue weighted by molar-refractivity contribution is 0.365. The third kappa shape index (κ3) is 5.91. The van der Waals surface area contributed by atoms with Gasteiger partial charge in [-0.25, -0.2) is 0 Å². The van der Waals surface area contributed by atoms with Gasteiger partial charge in [-0.3, -0.25) is 0 Å². The predicted octanol–water partition coefficient (Wildman–Crippen LogP) is 3.45. The number of halogens is 1. The lowest BCUT2D eigenvalue weighted by atomic mass is 10.1. The van der Waals surface area contributed by atoms with Crippen molar-refractivity contribution in [1.29, 1.82) is 0 Å². The van der Waals surface area contributed by atoms with Crippen LogP contribution in [0, 0.1) is 12.3 Å². The van der Waals surface area contributed by atoms with E-state index in [-0.39, 0.29) is 12.4 Å². The maximum absolute atomic E-state index is 5.53. The van der Waals surface area contributed by atoms with Crippen molar-refractivity contribution in [3.05, 3.63) is 65.7 Å². The first kappa shape index (κ1) is 17.1. The van der Waals surface area contributed by atoms with Gasteiger partial charge in [0.15, 0.2) is 0 Å². The van der Waals surface area contributed by atoms with Crippen LogP contribution in [0.4, 0.5) is 0 Å². The summed E-state index contributed by atoms with van der Waals surface area (Å²) in [6, 6.07) is 18.4. The zero-order chi connectivity index (χ0) is 14.0. The highest BCUT2D eigenvalue weighted by Gasteiger charge is 2.01. The molecule has 2 rings (SSSR count). The summed E-state index contributed by atoms with van der Waals surface area (Å²) in [6.07, 6.45) is 6.24. The molecule has 0 heterocycles. The van der Waals surface area contributed by atoms with Crippen LogP contribution in [0.15, 0.2) is 54.6 Å². The van der Waals surface area contributed by atoms with Crippen LogP contribution in [0.5, 0.6) is 5.75 Å². The molecule has 0 radical (unpaired) electrons. The molecule has 3 heteroatoms. The van der Waals surface area contributed by atoms with Crippen LogP contribution in [0.2, 0.25) is 0 Å². The predicted molar refractivity (Wildman–Crippen MR) is 89.9 cm³/mol. The fourth-order valence-corrected chi connectivity index (χ4v) is 2.01. The molecule has 0 atom stereocenters. The molecule has 2 nitrogen and oxygen atoms in total. The number of terminal acetylenes is 1. The van der Waals surface area contributed by atoms with Crippen LogP contribution in [-0.2, 0) is 13.0 Å². The number of ether oxygens (including phenoxy) is 1. The first-order valence-electron chi connectivity index (χ1n) is 6.79. The van der Waals surface area contributed by atoms with E-state index in [1.54, 1.807) is 0 Å². The van der Waals surface area contributed by atoms with Crippen molar-refractivity contribution < 1.29 is 4.74 Å². The Morgan fingerprint density at radius 1 is 1.00 bits per heavy atom. The first-order chi connectivity index (χ1) is 9.90. The van der Waals surface area contributed by atoms with Crippen molar-refractivity contribution >= 4 is 12.4 Å². The molecular weight excluding hydrogens is 282 g/mol. The summed E-state index contributed by atoms with van der Waals surface area (Å²) >= 11 is 0. The van der Waals surface area contributed by atoms with Crippen molar-refractivity contribution in [2.75, 3.05) is 13.2 Å². The van der Waals surface area contributed by atoms with Gasteiger partial charge in [0.25, 0.3) is 0 Å². The summed E-state index contributed by atoms with van der Waals surface area (Å²) in [4.78, 5) is 0. The Bertz CT molecular complexity index is 563. The molecule has 2 aromatic carbocycles. The molecule has 0 aliphatic rings. The summed E-state index contributed by atoms with van der Waals surface area (Å²) in [6.45, 7) is 2.03. The zero-order valence-corrected chi connectivity index (χ0v) is 12.7. The highest BCUT2D eigenvalue weighted by atomic mass is 35.5. The zero-order valence-electron chi connectivity index (χ0n) is 11.9. The van der Waals surface area contributed by atoms with Crippen LogP contribution in [-0.4, -0.2) is 13.2 Å². The van der Waals surface area contributed by atoms with E-state index in [2.05, 4.69) is 41.6 Å². The Morgan fingerprint density at radius 2 is 1.71 bits per heavy atom. The van der Waals surface area contributed by atoms with Crippen LogP contribution in [0.25, 0.3) is 0 Å². The van der Waals surface area contributed by atoms with Crippen LogP contribution >= 0.6 is 12.4 Å². The third-order valence-corrected chi connectivity index (χ3v) is 3.03. The van der Waals surface area contributed by atoms with Gasteiger partial charge in [0, 0.05) is 12.1 Å². The number of hydrogen-bond acceptors (Lipinski definition) is 2. The van der Waals surface area contributed by atoms with E-state index in [9.17, 15) is 0 Å². The second-order valence-electron chi connectivity index (χ2n) is 4.51. The van der Waals surface area contributed by atoms with E-state index in [0.29, 0.717) is 6.61 Å². The normalized spacial score (nSPS) is 9.48. The lowest BCUT2D eigenvalue weighted by Crippen LogP contribution is -2.17. The van der Waals surface area contributed by atoms with E-state index in [1.165, 1.54) is 5.56 Å². The Labute approximate surface area is 132 Å². The summed E-state index contributed by atoms with van der Waals surface area (Å²) < 4.78 is 5.53. The average molecular weight is 302 g/mol. The van der Waals surface area contributed by atoms with E-state index >= 15 is 0 Å². The van der Waals surface area contributed by atoms with Gasteiger partial charge >= 0.3 is 0 Å². The van der Waals surface area contributed by atoms with E-state index in [4.69, 9.17) is 11.2 Å². The van der Waals surface area contributed by atoms with Gasteiger partial charge in [-0.05, 0) is 24.6 Å². The maximum Gasteiger partial charge on any atom is 0.148 e. The van der Waals surface area contributed by atoms with Crippen LogP contribution < -0.4 is 10.1 Å². The van der Waals surface area contributed by atoms with Crippen molar-refractivity contribution in [2.24, 2.45) is 0 Å².